The maximum atomic E-state index is 13.2. The molecule has 4 atom stereocenters. The number of fused-ring (bicyclic) bond motifs is 3. The zero-order chi connectivity index (χ0) is 23.9. The largest absolute Gasteiger partial charge is 0.507 e. The normalized spacial score (nSPS) is 27.6. The van der Waals surface area contributed by atoms with E-state index in [-0.39, 0.29) is 41.4 Å². The number of halogens is 1. The van der Waals surface area contributed by atoms with Gasteiger partial charge in [-0.15, -0.1) is 0 Å². The number of phenolic OH excluding ortho intramolecular Hbond substituents is 1. The Morgan fingerprint density at radius 3 is 2.73 bits per heavy atom. The van der Waals surface area contributed by atoms with Gasteiger partial charge < -0.3 is 9.84 Å². The van der Waals surface area contributed by atoms with E-state index in [2.05, 4.69) is 36.7 Å². The summed E-state index contributed by atoms with van der Waals surface area (Å²) in [4.78, 5) is 27.7. The number of aromatic hydroxyl groups is 1. The molecule has 6 heteroatoms. The Hall–Kier alpha value is -1.92. The standard InChI is InChI=1S/C27H34BrNO4/c1-5-10-29-26(31)20-13-19(15(2)3)24-21(25(20)27(29)32)14-33-23(24)9-6-16(4)11-17-12-18(28)7-8-22(17)30/h7-8,11-12,15,20-21,23,25,30H,5-6,9-10,13-14H2,1-4H3/b16-11+/t20-,21+,23-,25-/m1/s1. The molecule has 1 N–H and O–H groups in total. The molecular formula is C27H34BrNO4. The first-order chi connectivity index (χ1) is 15.7. The smallest absolute Gasteiger partial charge is 0.233 e. The number of rotatable bonds is 7. The van der Waals surface area contributed by atoms with E-state index in [1.54, 1.807) is 6.07 Å². The molecule has 2 heterocycles. The number of hydrogen-bond donors (Lipinski definition) is 1. The third-order valence-corrected chi connectivity index (χ3v) is 7.87. The van der Waals surface area contributed by atoms with Crippen LogP contribution in [0, 0.1) is 23.7 Å². The summed E-state index contributed by atoms with van der Waals surface area (Å²) in [6.45, 7) is 9.47. The van der Waals surface area contributed by atoms with Crippen molar-refractivity contribution in [1.29, 1.82) is 0 Å². The minimum Gasteiger partial charge on any atom is -0.507 e. The van der Waals surface area contributed by atoms with Crippen LogP contribution in [0.25, 0.3) is 6.08 Å². The summed E-state index contributed by atoms with van der Waals surface area (Å²) in [6, 6.07) is 5.42. The van der Waals surface area contributed by atoms with Crippen molar-refractivity contribution in [1.82, 2.24) is 4.90 Å². The summed E-state index contributed by atoms with van der Waals surface area (Å²) < 4.78 is 7.22. The van der Waals surface area contributed by atoms with Gasteiger partial charge in [-0.3, -0.25) is 14.5 Å². The zero-order valence-corrected chi connectivity index (χ0v) is 21.5. The number of allylic oxidation sites excluding steroid dienone is 2. The molecule has 0 aromatic heterocycles. The van der Waals surface area contributed by atoms with Crippen molar-refractivity contribution in [2.45, 2.75) is 59.5 Å². The number of phenols is 1. The van der Waals surface area contributed by atoms with E-state index >= 15 is 0 Å². The number of imide groups is 1. The molecule has 2 saturated heterocycles. The molecule has 1 aromatic carbocycles. The van der Waals surface area contributed by atoms with Crippen LogP contribution in [0.1, 0.15) is 58.9 Å². The van der Waals surface area contributed by atoms with Crippen LogP contribution in [0.5, 0.6) is 5.75 Å². The summed E-state index contributed by atoms with van der Waals surface area (Å²) >= 11 is 3.46. The first-order valence-electron chi connectivity index (χ1n) is 12.1. The van der Waals surface area contributed by atoms with E-state index in [9.17, 15) is 14.7 Å². The molecule has 3 aliphatic rings. The lowest BCUT2D eigenvalue weighted by molar-refractivity contribution is -0.140. The SMILES string of the molecule is CCCN1C(=O)[C@@H]2[C@@H](CC(C(C)C)=C3[C@@H](CC/C(C)=C/c4cc(Br)ccc4O)OC[C@@H]32)C1=O. The van der Waals surface area contributed by atoms with Crippen molar-refractivity contribution < 1.29 is 19.4 Å². The highest BCUT2D eigenvalue weighted by Crippen LogP contribution is 2.51. The van der Waals surface area contributed by atoms with E-state index in [0.717, 1.165) is 34.9 Å². The lowest BCUT2D eigenvalue weighted by atomic mass is 9.67. The van der Waals surface area contributed by atoms with E-state index < -0.39 is 0 Å². The monoisotopic (exact) mass is 515 g/mol. The Labute approximate surface area is 205 Å². The lowest BCUT2D eigenvalue weighted by Gasteiger charge is -2.33. The number of nitrogens with zero attached hydrogens (tertiary/aromatic N) is 1. The number of carbonyl (C=O) groups excluding carboxylic acids is 2. The molecule has 0 radical (unpaired) electrons. The minimum atomic E-state index is -0.262. The van der Waals surface area contributed by atoms with Crippen molar-refractivity contribution in [3.63, 3.8) is 0 Å². The Balaban J connectivity index is 1.55. The van der Waals surface area contributed by atoms with Crippen LogP contribution in [0.15, 0.2) is 39.4 Å². The average molecular weight is 516 g/mol. The minimum absolute atomic E-state index is 0.00242. The highest BCUT2D eigenvalue weighted by molar-refractivity contribution is 9.10. The number of likely N-dealkylation sites (tertiary alicyclic amines) is 1. The number of hydrogen-bond acceptors (Lipinski definition) is 4. The molecule has 0 saturated carbocycles. The highest BCUT2D eigenvalue weighted by Gasteiger charge is 2.56. The molecule has 1 aromatic rings. The van der Waals surface area contributed by atoms with E-state index in [1.165, 1.54) is 16.0 Å². The fourth-order valence-corrected chi connectivity index (χ4v) is 6.18. The van der Waals surface area contributed by atoms with Crippen molar-refractivity contribution >= 4 is 33.8 Å². The Morgan fingerprint density at radius 1 is 1.27 bits per heavy atom. The Bertz CT molecular complexity index is 1010. The zero-order valence-electron chi connectivity index (χ0n) is 19.9. The molecule has 178 valence electrons. The van der Waals surface area contributed by atoms with Crippen molar-refractivity contribution in [2.24, 2.45) is 23.7 Å². The highest BCUT2D eigenvalue weighted by atomic mass is 79.9. The van der Waals surface area contributed by atoms with Crippen molar-refractivity contribution in [3.05, 3.63) is 45.0 Å². The van der Waals surface area contributed by atoms with Gasteiger partial charge in [0.05, 0.1) is 24.5 Å². The summed E-state index contributed by atoms with van der Waals surface area (Å²) in [7, 11) is 0. The van der Waals surface area contributed by atoms with Gasteiger partial charge >= 0.3 is 0 Å². The van der Waals surface area contributed by atoms with Crippen LogP contribution >= 0.6 is 15.9 Å². The number of carbonyl (C=O) groups is 2. The quantitative estimate of drug-likeness (QED) is 0.372. The molecule has 2 fully saturated rings. The lowest BCUT2D eigenvalue weighted by Crippen LogP contribution is -2.35. The predicted molar refractivity (Wildman–Crippen MR) is 132 cm³/mol. The molecule has 33 heavy (non-hydrogen) atoms. The second-order valence-electron chi connectivity index (χ2n) is 9.96. The van der Waals surface area contributed by atoms with Gasteiger partial charge in [0.15, 0.2) is 0 Å². The second kappa shape index (κ2) is 9.75. The third kappa shape index (κ3) is 4.57. The number of amides is 2. The Kier molecular flexibility index (Phi) is 7.15. The molecule has 2 amide bonds. The number of ether oxygens (including phenoxy) is 1. The van der Waals surface area contributed by atoms with Crippen LogP contribution in [0.2, 0.25) is 0 Å². The molecule has 0 spiro atoms. The van der Waals surface area contributed by atoms with Crippen LogP contribution in [-0.2, 0) is 14.3 Å². The van der Waals surface area contributed by atoms with E-state index in [0.29, 0.717) is 25.5 Å². The molecule has 0 unspecified atom stereocenters. The topological polar surface area (TPSA) is 66.8 Å². The molecule has 5 nitrogen and oxygen atoms in total. The van der Waals surface area contributed by atoms with Gasteiger partial charge in [-0.1, -0.05) is 53.9 Å². The maximum absolute atomic E-state index is 13.2. The molecular weight excluding hydrogens is 482 g/mol. The van der Waals surface area contributed by atoms with Gasteiger partial charge in [0.25, 0.3) is 0 Å². The first-order valence-corrected chi connectivity index (χ1v) is 12.9. The first kappa shape index (κ1) is 24.2. The summed E-state index contributed by atoms with van der Waals surface area (Å²) in [5.74, 6) is 0.135. The van der Waals surface area contributed by atoms with Crippen LogP contribution < -0.4 is 0 Å². The summed E-state index contributed by atoms with van der Waals surface area (Å²) in [5.41, 5.74) is 4.55. The fourth-order valence-electron chi connectivity index (χ4n) is 5.81. The summed E-state index contributed by atoms with van der Waals surface area (Å²) in [5, 5.41) is 10.1. The maximum Gasteiger partial charge on any atom is 0.233 e. The van der Waals surface area contributed by atoms with Gasteiger partial charge in [0.2, 0.25) is 11.8 Å². The van der Waals surface area contributed by atoms with Crippen LogP contribution in [-0.4, -0.2) is 41.1 Å². The van der Waals surface area contributed by atoms with Gasteiger partial charge in [0, 0.05) is 22.5 Å². The number of benzene rings is 1. The Morgan fingerprint density at radius 2 is 2.03 bits per heavy atom. The van der Waals surface area contributed by atoms with Gasteiger partial charge in [-0.25, -0.2) is 0 Å². The predicted octanol–water partition coefficient (Wildman–Crippen LogP) is 5.72. The van der Waals surface area contributed by atoms with Gasteiger partial charge in [0.1, 0.15) is 5.75 Å². The van der Waals surface area contributed by atoms with Crippen LogP contribution in [0.3, 0.4) is 0 Å². The van der Waals surface area contributed by atoms with E-state index in [1.807, 2.05) is 25.1 Å². The fraction of sp³-hybridized carbons (Fsp3) is 0.556. The van der Waals surface area contributed by atoms with Gasteiger partial charge in [-0.05, 0) is 62.3 Å². The molecule has 2 aliphatic heterocycles. The van der Waals surface area contributed by atoms with Crippen molar-refractivity contribution in [2.75, 3.05) is 13.2 Å². The van der Waals surface area contributed by atoms with E-state index in [4.69, 9.17) is 4.74 Å². The second-order valence-corrected chi connectivity index (χ2v) is 10.9. The molecule has 4 rings (SSSR count). The molecule has 0 bridgehead atoms. The van der Waals surface area contributed by atoms with Crippen molar-refractivity contribution in [3.8, 4) is 5.75 Å². The van der Waals surface area contributed by atoms with Crippen LogP contribution in [0.4, 0.5) is 0 Å². The molecule has 1 aliphatic carbocycles. The third-order valence-electron chi connectivity index (χ3n) is 7.37. The summed E-state index contributed by atoms with van der Waals surface area (Å²) in [6.07, 6.45) is 5.13. The van der Waals surface area contributed by atoms with Gasteiger partial charge in [-0.2, -0.15) is 0 Å². The average Bonchev–Trinajstić information content (AvgIpc) is 3.29.